The van der Waals surface area contributed by atoms with E-state index in [9.17, 15) is 4.79 Å². The van der Waals surface area contributed by atoms with E-state index in [4.69, 9.17) is 0 Å². The molecular weight excluding hydrogens is 240 g/mol. The third kappa shape index (κ3) is 3.47. The summed E-state index contributed by atoms with van der Waals surface area (Å²) in [5, 5.41) is 5.53. The largest absolute Gasteiger partial charge is 0.333 e. The number of anilines is 1. The zero-order valence-corrected chi connectivity index (χ0v) is 11.8. The van der Waals surface area contributed by atoms with Crippen LogP contribution in [0.2, 0.25) is 0 Å². The quantitative estimate of drug-likeness (QED) is 0.776. The highest BCUT2D eigenvalue weighted by Crippen LogP contribution is 2.16. The van der Waals surface area contributed by atoms with Crippen molar-refractivity contribution in [2.45, 2.75) is 39.7 Å². The lowest BCUT2D eigenvalue weighted by atomic mass is 10.1. The van der Waals surface area contributed by atoms with Gasteiger partial charge in [-0.15, -0.1) is 0 Å². The number of nitrogens with zero attached hydrogens (tertiary/aromatic N) is 1. The van der Waals surface area contributed by atoms with Crippen LogP contribution in [0.4, 0.5) is 10.7 Å². The fourth-order valence-corrected chi connectivity index (χ4v) is 1.82. The van der Waals surface area contributed by atoms with Crippen molar-refractivity contribution in [3.63, 3.8) is 0 Å². The van der Waals surface area contributed by atoms with Gasteiger partial charge in [0.25, 0.3) is 0 Å². The highest BCUT2D eigenvalue weighted by Gasteiger charge is 2.14. The molecule has 19 heavy (non-hydrogen) atoms. The molecule has 1 aromatic carbocycles. The summed E-state index contributed by atoms with van der Waals surface area (Å²) in [4.78, 5) is 19.2. The Balaban J connectivity index is 2.15. The number of hydrogen-bond acceptors (Lipinski definition) is 2. The maximum atomic E-state index is 11.7. The predicted octanol–water partition coefficient (Wildman–Crippen LogP) is 3.05. The Morgan fingerprint density at radius 1 is 1.37 bits per heavy atom. The van der Waals surface area contributed by atoms with E-state index in [0.29, 0.717) is 5.95 Å². The number of rotatable bonds is 2. The number of carbonyl (C=O) groups is 1. The normalized spacial score (nSPS) is 11.6. The molecule has 0 saturated heterocycles. The summed E-state index contributed by atoms with van der Waals surface area (Å²) < 4.78 is 0. The van der Waals surface area contributed by atoms with Gasteiger partial charge in [-0.1, -0.05) is 13.0 Å². The number of nitrogens with one attached hydrogen (secondary N) is 3. The number of aromatic amines is 1. The van der Waals surface area contributed by atoms with E-state index in [0.717, 1.165) is 17.5 Å². The zero-order valence-electron chi connectivity index (χ0n) is 11.8. The molecule has 0 unspecified atom stereocenters. The third-order valence-electron chi connectivity index (χ3n) is 2.68. The molecule has 0 aliphatic heterocycles. The molecule has 0 saturated carbocycles. The lowest BCUT2D eigenvalue weighted by Gasteiger charge is -2.20. The molecule has 1 aromatic heterocycles. The van der Waals surface area contributed by atoms with Gasteiger partial charge in [-0.25, -0.2) is 9.78 Å². The first-order valence-electron chi connectivity index (χ1n) is 6.45. The van der Waals surface area contributed by atoms with E-state index in [1.807, 2.05) is 32.9 Å². The minimum absolute atomic E-state index is 0.262. The molecule has 2 aromatic rings. The van der Waals surface area contributed by atoms with E-state index in [1.165, 1.54) is 5.56 Å². The monoisotopic (exact) mass is 260 g/mol. The lowest BCUT2D eigenvalue weighted by molar-refractivity contribution is 0.243. The van der Waals surface area contributed by atoms with Gasteiger partial charge in [0, 0.05) is 5.54 Å². The van der Waals surface area contributed by atoms with Gasteiger partial charge < -0.3 is 10.3 Å². The summed E-state index contributed by atoms with van der Waals surface area (Å²) in [7, 11) is 0. The third-order valence-corrected chi connectivity index (χ3v) is 2.68. The summed E-state index contributed by atoms with van der Waals surface area (Å²) in [6.07, 6.45) is 0.974. The Kier molecular flexibility index (Phi) is 3.46. The summed E-state index contributed by atoms with van der Waals surface area (Å²) in [6.45, 7) is 7.89. The Morgan fingerprint density at radius 2 is 2.11 bits per heavy atom. The number of H-pyrrole nitrogens is 1. The predicted molar refractivity (Wildman–Crippen MR) is 77.4 cm³/mol. The van der Waals surface area contributed by atoms with E-state index in [-0.39, 0.29) is 11.6 Å². The molecule has 0 radical (unpaired) electrons. The Labute approximate surface area is 112 Å². The number of urea groups is 1. The molecule has 2 amide bonds. The standard InChI is InChI=1S/C14H20N4O/c1-5-9-6-7-10-11(8-9)16-12(15-10)17-13(19)18-14(2,3)4/h6-8H,5H2,1-4H3,(H3,15,16,17,18,19). The Morgan fingerprint density at radius 3 is 2.74 bits per heavy atom. The van der Waals surface area contributed by atoms with Gasteiger partial charge >= 0.3 is 6.03 Å². The first kappa shape index (κ1) is 13.4. The molecule has 5 heteroatoms. The molecule has 0 aliphatic rings. The highest BCUT2D eigenvalue weighted by molar-refractivity contribution is 5.90. The SMILES string of the molecule is CCc1ccc2nc(NC(=O)NC(C)(C)C)[nH]c2c1. The van der Waals surface area contributed by atoms with Crippen molar-refractivity contribution in [2.75, 3.05) is 5.32 Å². The summed E-state index contributed by atoms with van der Waals surface area (Å²) >= 11 is 0. The minimum atomic E-state index is -0.272. The average Bonchev–Trinajstić information content (AvgIpc) is 2.66. The van der Waals surface area contributed by atoms with Crippen LogP contribution in [0.5, 0.6) is 0 Å². The van der Waals surface area contributed by atoms with Gasteiger partial charge in [0.2, 0.25) is 5.95 Å². The number of aryl methyl sites for hydroxylation is 1. The van der Waals surface area contributed by atoms with E-state index in [2.05, 4.69) is 33.6 Å². The lowest BCUT2D eigenvalue weighted by Crippen LogP contribution is -2.43. The second-order valence-electron chi connectivity index (χ2n) is 5.62. The Bertz CT molecular complexity index is 595. The Hall–Kier alpha value is -2.04. The van der Waals surface area contributed by atoms with Crippen LogP contribution in [0.3, 0.4) is 0 Å². The number of imidazole rings is 1. The van der Waals surface area contributed by atoms with E-state index < -0.39 is 0 Å². The van der Waals surface area contributed by atoms with Gasteiger partial charge in [-0.3, -0.25) is 5.32 Å². The molecule has 1 heterocycles. The molecule has 2 rings (SSSR count). The van der Waals surface area contributed by atoms with Crippen LogP contribution in [0.15, 0.2) is 18.2 Å². The van der Waals surface area contributed by atoms with Gasteiger partial charge in [0.1, 0.15) is 0 Å². The van der Waals surface area contributed by atoms with Crippen molar-refractivity contribution >= 4 is 23.0 Å². The average molecular weight is 260 g/mol. The van der Waals surface area contributed by atoms with Gasteiger partial charge in [0.15, 0.2) is 0 Å². The second kappa shape index (κ2) is 4.91. The summed E-state index contributed by atoms with van der Waals surface area (Å²) in [5.74, 6) is 0.463. The van der Waals surface area contributed by atoms with Crippen molar-refractivity contribution in [2.24, 2.45) is 0 Å². The summed E-state index contributed by atoms with van der Waals surface area (Å²) in [6, 6.07) is 5.79. The number of fused-ring (bicyclic) bond motifs is 1. The number of amides is 2. The maximum absolute atomic E-state index is 11.7. The molecule has 102 valence electrons. The first-order valence-corrected chi connectivity index (χ1v) is 6.45. The molecule has 3 N–H and O–H groups in total. The van der Waals surface area contributed by atoms with Crippen molar-refractivity contribution in [3.8, 4) is 0 Å². The molecule has 0 fully saturated rings. The van der Waals surface area contributed by atoms with Crippen LogP contribution in [-0.4, -0.2) is 21.5 Å². The van der Waals surface area contributed by atoms with Crippen LogP contribution in [-0.2, 0) is 6.42 Å². The number of carbonyl (C=O) groups excluding carboxylic acids is 1. The van der Waals surface area contributed by atoms with Gasteiger partial charge in [-0.2, -0.15) is 0 Å². The molecule has 0 aliphatic carbocycles. The number of hydrogen-bond donors (Lipinski definition) is 3. The minimum Gasteiger partial charge on any atom is -0.333 e. The topological polar surface area (TPSA) is 69.8 Å². The highest BCUT2D eigenvalue weighted by atomic mass is 16.2. The molecule has 0 atom stereocenters. The molecular formula is C14H20N4O. The van der Waals surface area contributed by atoms with Crippen LogP contribution < -0.4 is 10.6 Å². The number of aromatic nitrogens is 2. The second-order valence-corrected chi connectivity index (χ2v) is 5.62. The molecule has 5 nitrogen and oxygen atoms in total. The van der Waals surface area contributed by atoms with Crippen LogP contribution in [0.1, 0.15) is 33.3 Å². The first-order chi connectivity index (χ1) is 8.87. The molecule has 0 bridgehead atoms. The van der Waals surface area contributed by atoms with Crippen LogP contribution >= 0.6 is 0 Å². The van der Waals surface area contributed by atoms with E-state index in [1.54, 1.807) is 0 Å². The fraction of sp³-hybridized carbons (Fsp3) is 0.429. The smallest absolute Gasteiger partial charge is 0.321 e. The van der Waals surface area contributed by atoms with Gasteiger partial charge in [0.05, 0.1) is 11.0 Å². The van der Waals surface area contributed by atoms with Crippen molar-refractivity contribution in [1.82, 2.24) is 15.3 Å². The molecule has 0 spiro atoms. The van der Waals surface area contributed by atoms with Crippen molar-refractivity contribution in [3.05, 3.63) is 23.8 Å². The zero-order chi connectivity index (χ0) is 14.0. The maximum Gasteiger partial charge on any atom is 0.321 e. The summed E-state index contributed by atoms with van der Waals surface area (Å²) in [5.41, 5.74) is 2.75. The fourth-order valence-electron chi connectivity index (χ4n) is 1.82. The van der Waals surface area contributed by atoms with Crippen molar-refractivity contribution < 1.29 is 4.79 Å². The van der Waals surface area contributed by atoms with E-state index >= 15 is 0 Å². The van der Waals surface area contributed by atoms with Crippen LogP contribution in [0.25, 0.3) is 11.0 Å². The van der Waals surface area contributed by atoms with Crippen LogP contribution in [0, 0.1) is 0 Å². The van der Waals surface area contributed by atoms with Gasteiger partial charge in [-0.05, 0) is 44.9 Å². The number of benzene rings is 1. The van der Waals surface area contributed by atoms with Crippen molar-refractivity contribution in [1.29, 1.82) is 0 Å².